The van der Waals surface area contributed by atoms with Gasteiger partial charge in [0.1, 0.15) is 12.4 Å². The molecule has 0 radical (unpaired) electrons. The maximum Gasteiger partial charge on any atom is 0.225 e. The molecule has 28 heavy (non-hydrogen) atoms. The van der Waals surface area contributed by atoms with Crippen LogP contribution >= 0.6 is 24.0 Å². The fourth-order valence-electron chi connectivity index (χ4n) is 3.77. The van der Waals surface area contributed by atoms with Crippen LogP contribution in [0, 0.1) is 5.92 Å². The summed E-state index contributed by atoms with van der Waals surface area (Å²) >= 11 is 0. The van der Waals surface area contributed by atoms with Gasteiger partial charge in [0.2, 0.25) is 5.91 Å². The molecule has 0 saturated carbocycles. The maximum atomic E-state index is 12.2. The van der Waals surface area contributed by atoms with Gasteiger partial charge in [0.05, 0.1) is 0 Å². The van der Waals surface area contributed by atoms with E-state index in [4.69, 9.17) is 4.99 Å². The van der Waals surface area contributed by atoms with E-state index in [1.165, 1.54) is 19.3 Å². The van der Waals surface area contributed by atoms with Gasteiger partial charge in [0, 0.05) is 44.6 Å². The number of rotatable bonds is 5. The van der Waals surface area contributed by atoms with E-state index in [1.807, 2.05) is 18.7 Å². The van der Waals surface area contributed by atoms with Crippen LogP contribution in [-0.2, 0) is 24.3 Å². The van der Waals surface area contributed by atoms with Crippen LogP contribution in [0.15, 0.2) is 4.99 Å². The molecule has 1 aromatic rings. The van der Waals surface area contributed by atoms with E-state index in [0.717, 1.165) is 56.6 Å². The van der Waals surface area contributed by atoms with Crippen LogP contribution in [-0.4, -0.2) is 57.2 Å². The van der Waals surface area contributed by atoms with Crippen LogP contribution in [0.3, 0.4) is 0 Å². The Bertz CT molecular complexity index is 673. The molecule has 9 heteroatoms. The van der Waals surface area contributed by atoms with E-state index in [2.05, 4.69) is 32.3 Å². The topological polar surface area (TPSA) is 87.4 Å². The first-order valence-electron chi connectivity index (χ1n) is 10.3. The van der Waals surface area contributed by atoms with Gasteiger partial charge in [-0.15, -0.1) is 34.2 Å². The lowest BCUT2D eigenvalue weighted by atomic mass is 10.2. The van der Waals surface area contributed by atoms with Gasteiger partial charge in [-0.1, -0.05) is 20.3 Å². The third-order valence-corrected chi connectivity index (χ3v) is 5.24. The highest BCUT2D eigenvalue weighted by molar-refractivity contribution is 14.0. The molecular formula is C19H34IN7O. The van der Waals surface area contributed by atoms with Gasteiger partial charge in [-0.05, 0) is 26.2 Å². The van der Waals surface area contributed by atoms with Gasteiger partial charge in [0.15, 0.2) is 11.8 Å². The summed E-state index contributed by atoms with van der Waals surface area (Å²) in [7, 11) is 0. The van der Waals surface area contributed by atoms with Gasteiger partial charge in [-0.3, -0.25) is 4.79 Å². The zero-order chi connectivity index (χ0) is 19.2. The lowest BCUT2D eigenvalue weighted by molar-refractivity contribution is -0.133. The molecule has 0 spiro atoms. The Morgan fingerprint density at radius 1 is 1.25 bits per heavy atom. The number of aromatic nitrogens is 3. The van der Waals surface area contributed by atoms with Crippen molar-refractivity contribution < 1.29 is 4.79 Å². The number of aliphatic imine (C=N–C) groups is 1. The minimum Gasteiger partial charge on any atom is -0.357 e. The number of nitrogens with one attached hydrogen (secondary N) is 2. The van der Waals surface area contributed by atoms with E-state index >= 15 is 0 Å². The largest absolute Gasteiger partial charge is 0.357 e. The highest BCUT2D eigenvalue weighted by Gasteiger charge is 2.28. The van der Waals surface area contributed by atoms with Crippen molar-refractivity contribution in [3.63, 3.8) is 0 Å². The van der Waals surface area contributed by atoms with Gasteiger partial charge >= 0.3 is 0 Å². The molecule has 1 amide bonds. The van der Waals surface area contributed by atoms with Crippen molar-refractivity contribution in [1.29, 1.82) is 0 Å². The molecule has 1 atom stereocenters. The second-order valence-corrected chi connectivity index (χ2v) is 7.76. The highest BCUT2D eigenvalue weighted by atomic mass is 127. The molecule has 0 aliphatic carbocycles. The van der Waals surface area contributed by atoms with Crippen molar-refractivity contribution in [1.82, 2.24) is 30.3 Å². The molecule has 158 valence electrons. The number of halogens is 1. The maximum absolute atomic E-state index is 12.2. The first-order chi connectivity index (χ1) is 13.1. The van der Waals surface area contributed by atoms with E-state index in [9.17, 15) is 4.79 Å². The van der Waals surface area contributed by atoms with Crippen molar-refractivity contribution in [3.8, 4) is 0 Å². The van der Waals surface area contributed by atoms with E-state index in [0.29, 0.717) is 6.54 Å². The molecular weight excluding hydrogens is 469 g/mol. The first-order valence-corrected chi connectivity index (χ1v) is 10.3. The van der Waals surface area contributed by atoms with Crippen LogP contribution in [0.4, 0.5) is 0 Å². The predicted molar refractivity (Wildman–Crippen MR) is 121 cm³/mol. The van der Waals surface area contributed by atoms with E-state index < -0.39 is 0 Å². The Balaban J connectivity index is 0.00000280. The number of likely N-dealkylation sites (tertiary alicyclic amines) is 1. The van der Waals surface area contributed by atoms with Crippen LogP contribution in [0.5, 0.6) is 0 Å². The number of guanidine groups is 1. The van der Waals surface area contributed by atoms with Gasteiger partial charge < -0.3 is 20.1 Å². The number of carbonyl (C=O) groups excluding carboxylic acids is 1. The quantitative estimate of drug-likeness (QED) is 0.365. The van der Waals surface area contributed by atoms with Gasteiger partial charge in [0.25, 0.3) is 0 Å². The van der Waals surface area contributed by atoms with Crippen LogP contribution in [0.2, 0.25) is 0 Å². The average molecular weight is 503 g/mol. The molecule has 2 aliphatic rings. The number of carbonyl (C=O) groups is 1. The van der Waals surface area contributed by atoms with Crippen molar-refractivity contribution in [2.24, 2.45) is 10.9 Å². The third kappa shape index (κ3) is 5.81. The summed E-state index contributed by atoms with van der Waals surface area (Å²) in [5, 5.41) is 15.5. The zero-order valence-electron chi connectivity index (χ0n) is 17.3. The molecule has 0 bridgehead atoms. The molecule has 1 saturated heterocycles. The van der Waals surface area contributed by atoms with Crippen molar-refractivity contribution in [3.05, 3.63) is 11.6 Å². The average Bonchev–Trinajstić information content (AvgIpc) is 3.19. The Kier molecular flexibility index (Phi) is 8.97. The number of nitrogens with zero attached hydrogens (tertiary/aromatic N) is 5. The fourth-order valence-corrected chi connectivity index (χ4v) is 3.77. The summed E-state index contributed by atoms with van der Waals surface area (Å²) < 4.78 is 2.23. The molecule has 2 N–H and O–H groups in total. The summed E-state index contributed by atoms with van der Waals surface area (Å²) in [5.74, 6) is 3.09. The highest BCUT2D eigenvalue weighted by Crippen LogP contribution is 2.15. The minimum absolute atomic E-state index is 0. The van der Waals surface area contributed by atoms with Crippen LogP contribution < -0.4 is 10.6 Å². The smallest absolute Gasteiger partial charge is 0.225 e. The summed E-state index contributed by atoms with van der Waals surface area (Å²) in [6, 6.07) is 0.237. The Morgan fingerprint density at radius 3 is 2.82 bits per heavy atom. The van der Waals surface area contributed by atoms with Crippen molar-refractivity contribution in [2.75, 3.05) is 19.6 Å². The second-order valence-electron chi connectivity index (χ2n) is 7.76. The minimum atomic E-state index is 0. The summed E-state index contributed by atoms with van der Waals surface area (Å²) in [6.07, 6.45) is 5.59. The Labute approximate surface area is 185 Å². The normalized spacial score (nSPS) is 19.8. The lowest BCUT2D eigenvalue weighted by Gasteiger charge is -2.20. The SMILES string of the molecule is CCNC(=NCc1nnc2n1CCCCC2)NC1CCN(C(=O)C(C)C)C1.I. The molecule has 2 aliphatic heterocycles. The predicted octanol–water partition coefficient (Wildman–Crippen LogP) is 1.93. The summed E-state index contributed by atoms with van der Waals surface area (Å²) in [5.41, 5.74) is 0. The number of aryl methyl sites for hydroxylation is 1. The Hall–Kier alpha value is -1.39. The molecule has 0 aromatic carbocycles. The summed E-state index contributed by atoms with van der Waals surface area (Å²) in [4.78, 5) is 18.9. The van der Waals surface area contributed by atoms with E-state index in [1.54, 1.807) is 0 Å². The van der Waals surface area contributed by atoms with Crippen LogP contribution in [0.1, 0.15) is 58.1 Å². The molecule has 8 nitrogen and oxygen atoms in total. The second kappa shape index (κ2) is 11.0. The van der Waals surface area contributed by atoms with Crippen molar-refractivity contribution in [2.45, 2.75) is 72.0 Å². The molecule has 3 rings (SSSR count). The third-order valence-electron chi connectivity index (χ3n) is 5.24. The number of amides is 1. The monoisotopic (exact) mass is 503 g/mol. The molecule has 1 aromatic heterocycles. The number of hydrogen-bond donors (Lipinski definition) is 2. The van der Waals surface area contributed by atoms with Crippen molar-refractivity contribution >= 4 is 35.8 Å². The first kappa shape index (κ1) is 22.9. The lowest BCUT2D eigenvalue weighted by Crippen LogP contribution is -2.45. The number of hydrogen-bond acceptors (Lipinski definition) is 4. The number of fused-ring (bicyclic) bond motifs is 1. The van der Waals surface area contributed by atoms with E-state index in [-0.39, 0.29) is 41.8 Å². The molecule has 3 heterocycles. The summed E-state index contributed by atoms with van der Waals surface area (Å²) in [6.45, 7) is 9.82. The fraction of sp³-hybridized carbons (Fsp3) is 0.789. The standard InChI is InChI=1S/C19H33N7O.HI/c1-4-20-19(22-15-9-11-25(13-15)18(27)14(2)3)21-12-17-24-23-16-8-6-5-7-10-26(16)17;/h14-15H,4-13H2,1-3H3,(H2,20,21,22);1H. The molecule has 1 fully saturated rings. The van der Waals surface area contributed by atoms with Gasteiger partial charge in [-0.25, -0.2) is 4.99 Å². The van der Waals surface area contributed by atoms with Gasteiger partial charge in [-0.2, -0.15) is 0 Å². The zero-order valence-corrected chi connectivity index (χ0v) is 19.6. The van der Waals surface area contributed by atoms with Crippen LogP contribution in [0.25, 0.3) is 0 Å². The Morgan fingerprint density at radius 2 is 2.07 bits per heavy atom. The molecule has 1 unspecified atom stereocenters.